The van der Waals surface area contributed by atoms with E-state index in [-0.39, 0.29) is 0 Å². The van der Waals surface area contributed by atoms with Gasteiger partial charge in [0.2, 0.25) is 0 Å². The van der Waals surface area contributed by atoms with Crippen LogP contribution >= 0.6 is 0 Å². The highest BCUT2D eigenvalue weighted by molar-refractivity contribution is 5.68. The van der Waals surface area contributed by atoms with Gasteiger partial charge in [-0.2, -0.15) is 0 Å². The first-order valence-electron chi connectivity index (χ1n) is 6.38. The molecule has 0 radical (unpaired) electrons. The second-order valence-electron chi connectivity index (χ2n) is 5.25. The first-order valence-corrected chi connectivity index (χ1v) is 6.38. The lowest BCUT2D eigenvalue weighted by Gasteiger charge is -2.30. The van der Waals surface area contributed by atoms with Crippen molar-refractivity contribution in [2.75, 3.05) is 31.2 Å². The zero-order chi connectivity index (χ0) is 12.4. The predicted octanol–water partition coefficient (Wildman–Crippen LogP) is 2.39. The second kappa shape index (κ2) is 4.96. The average Bonchev–Trinajstić information content (AvgIpc) is 2.29. The summed E-state index contributed by atoms with van der Waals surface area (Å²) in [7, 11) is 2.18. The van der Waals surface area contributed by atoms with E-state index in [1.54, 1.807) is 0 Å². The van der Waals surface area contributed by atoms with Gasteiger partial charge in [-0.15, -0.1) is 0 Å². The molecule has 0 saturated carbocycles. The summed E-state index contributed by atoms with van der Waals surface area (Å²) < 4.78 is 0. The fourth-order valence-electron chi connectivity index (χ4n) is 2.34. The summed E-state index contributed by atoms with van der Waals surface area (Å²) in [6.45, 7) is 6.57. The van der Waals surface area contributed by atoms with Crippen molar-refractivity contribution in [2.24, 2.45) is 0 Å². The summed E-state index contributed by atoms with van der Waals surface area (Å²) in [5.74, 6) is 0. The van der Waals surface area contributed by atoms with Gasteiger partial charge in [-0.1, -0.05) is 0 Å². The van der Waals surface area contributed by atoms with Crippen LogP contribution in [0.25, 0.3) is 0 Å². The molecule has 0 aromatic heterocycles. The molecule has 3 N–H and O–H groups in total. The average molecular weight is 233 g/mol. The normalized spacial score (nSPS) is 18.3. The van der Waals surface area contributed by atoms with E-state index in [2.05, 4.69) is 43.2 Å². The molecule has 0 bridgehead atoms. The molecular weight excluding hydrogens is 210 g/mol. The van der Waals surface area contributed by atoms with Gasteiger partial charge in [-0.05, 0) is 70.1 Å². The van der Waals surface area contributed by atoms with Crippen molar-refractivity contribution in [3.8, 4) is 0 Å². The van der Waals surface area contributed by atoms with E-state index in [9.17, 15) is 0 Å². The maximum absolute atomic E-state index is 6.06. The van der Waals surface area contributed by atoms with Crippen LogP contribution in [-0.4, -0.2) is 31.1 Å². The first kappa shape index (κ1) is 12.2. The Morgan fingerprint density at radius 1 is 1.18 bits per heavy atom. The number of likely N-dealkylation sites (tertiary alicyclic amines) is 1. The van der Waals surface area contributed by atoms with Gasteiger partial charge in [-0.25, -0.2) is 0 Å². The fourth-order valence-corrected chi connectivity index (χ4v) is 2.34. The Labute approximate surface area is 104 Å². The van der Waals surface area contributed by atoms with Crippen LogP contribution in [0.15, 0.2) is 12.1 Å². The van der Waals surface area contributed by atoms with Crippen molar-refractivity contribution in [2.45, 2.75) is 32.7 Å². The third-order valence-corrected chi connectivity index (χ3v) is 3.74. The monoisotopic (exact) mass is 233 g/mol. The molecule has 0 aliphatic carbocycles. The second-order valence-corrected chi connectivity index (χ2v) is 5.25. The predicted molar refractivity (Wildman–Crippen MR) is 74.5 cm³/mol. The Bertz CT molecular complexity index is 393. The molecule has 0 amide bonds. The largest absolute Gasteiger partial charge is 0.397 e. The molecule has 1 aliphatic rings. The van der Waals surface area contributed by atoms with Gasteiger partial charge in [-0.3, -0.25) is 0 Å². The number of anilines is 2. The Balaban J connectivity index is 2.06. The van der Waals surface area contributed by atoms with E-state index in [4.69, 9.17) is 5.73 Å². The van der Waals surface area contributed by atoms with Crippen LogP contribution in [0, 0.1) is 13.8 Å². The number of benzene rings is 1. The fraction of sp³-hybridized carbons (Fsp3) is 0.571. The van der Waals surface area contributed by atoms with Crippen LogP contribution in [-0.2, 0) is 0 Å². The number of nitrogen functional groups attached to an aromatic ring is 1. The maximum atomic E-state index is 6.06. The molecule has 1 aromatic rings. The van der Waals surface area contributed by atoms with Crippen molar-refractivity contribution in [3.63, 3.8) is 0 Å². The van der Waals surface area contributed by atoms with Crippen LogP contribution < -0.4 is 11.1 Å². The molecule has 0 atom stereocenters. The minimum atomic E-state index is 0.565. The topological polar surface area (TPSA) is 41.3 Å². The van der Waals surface area contributed by atoms with Gasteiger partial charge in [0.05, 0.1) is 11.4 Å². The van der Waals surface area contributed by atoms with E-state index < -0.39 is 0 Å². The lowest BCUT2D eigenvalue weighted by atomic mass is 10.0. The number of piperidine rings is 1. The van der Waals surface area contributed by atoms with Crippen LogP contribution in [0.1, 0.15) is 24.0 Å². The minimum absolute atomic E-state index is 0.565. The number of aryl methyl sites for hydroxylation is 2. The minimum Gasteiger partial charge on any atom is -0.397 e. The van der Waals surface area contributed by atoms with Crippen LogP contribution in [0.5, 0.6) is 0 Å². The standard InChI is InChI=1S/C14H23N3/c1-10-8-13(15)14(9-11(10)2)16-12-4-6-17(3)7-5-12/h8-9,12,16H,4-7,15H2,1-3H3. The van der Waals surface area contributed by atoms with Gasteiger partial charge in [0.1, 0.15) is 0 Å². The van der Waals surface area contributed by atoms with Gasteiger partial charge in [0, 0.05) is 6.04 Å². The molecule has 3 nitrogen and oxygen atoms in total. The summed E-state index contributed by atoms with van der Waals surface area (Å²) in [4.78, 5) is 2.38. The van der Waals surface area contributed by atoms with E-state index in [1.165, 1.54) is 37.1 Å². The molecule has 0 spiro atoms. The van der Waals surface area contributed by atoms with E-state index in [0.717, 1.165) is 11.4 Å². The molecule has 1 aromatic carbocycles. The number of rotatable bonds is 2. The first-order chi connectivity index (χ1) is 8.06. The summed E-state index contributed by atoms with van der Waals surface area (Å²) in [6, 6.07) is 4.80. The summed E-state index contributed by atoms with van der Waals surface area (Å²) in [5, 5.41) is 3.59. The van der Waals surface area contributed by atoms with Gasteiger partial charge in [0.25, 0.3) is 0 Å². The summed E-state index contributed by atoms with van der Waals surface area (Å²) >= 11 is 0. The number of hydrogen-bond acceptors (Lipinski definition) is 3. The molecule has 94 valence electrons. The Morgan fingerprint density at radius 2 is 1.76 bits per heavy atom. The highest BCUT2D eigenvalue weighted by atomic mass is 15.1. The summed E-state index contributed by atoms with van der Waals surface area (Å²) in [6.07, 6.45) is 2.39. The van der Waals surface area contributed by atoms with E-state index in [1.807, 2.05) is 0 Å². The Hall–Kier alpha value is -1.22. The zero-order valence-electron chi connectivity index (χ0n) is 11.1. The van der Waals surface area contributed by atoms with Crippen LogP contribution in [0.4, 0.5) is 11.4 Å². The molecular formula is C14H23N3. The van der Waals surface area contributed by atoms with Crippen molar-refractivity contribution in [1.82, 2.24) is 4.90 Å². The molecule has 17 heavy (non-hydrogen) atoms. The lowest BCUT2D eigenvalue weighted by Crippen LogP contribution is -2.36. The maximum Gasteiger partial charge on any atom is 0.0578 e. The van der Waals surface area contributed by atoms with E-state index >= 15 is 0 Å². The van der Waals surface area contributed by atoms with E-state index in [0.29, 0.717) is 6.04 Å². The van der Waals surface area contributed by atoms with Gasteiger partial charge < -0.3 is 16.0 Å². The van der Waals surface area contributed by atoms with Gasteiger partial charge in [0.15, 0.2) is 0 Å². The zero-order valence-corrected chi connectivity index (χ0v) is 11.1. The Morgan fingerprint density at radius 3 is 2.41 bits per heavy atom. The van der Waals surface area contributed by atoms with Crippen LogP contribution in [0.3, 0.4) is 0 Å². The molecule has 1 aliphatic heterocycles. The molecule has 1 saturated heterocycles. The molecule has 3 heteroatoms. The van der Waals surface area contributed by atoms with Crippen molar-refractivity contribution < 1.29 is 0 Å². The number of nitrogens with zero attached hydrogens (tertiary/aromatic N) is 1. The van der Waals surface area contributed by atoms with Crippen molar-refractivity contribution in [3.05, 3.63) is 23.3 Å². The lowest BCUT2D eigenvalue weighted by molar-refractivity contribution is 0.264. The molecule has 0 unspecified atom stereocenters. The van der Waals surface area contributed by atoms with Crippen molar-refractivity contribution in [1.29, 1.82) is 0 Å². The number of nitrogens with one attached hydrogen (secondary N) is 1. The quantitative estimate of drug-likeness (QED) is 0.771. The number of nitrogens with two attached hydrogens (primary N) is 1. The third-order valence-electron chi connectivity index (χ3n) is 3.74. The third kappa shape index (κ3) is 2.91. The molecule has 1 heterocycles. The number of hydrogen-bond donors (Lipinski definition) is 2. The van der Waals surface area contributed by atoms with Crippen LogP contribution in [0.2, 0.25) is 0 Å². The van der Waals surface area contributed by atoms with Crippen molar-refractivity contribution >= 4 is 11.4 Å². The van der Waals surface area contributed by atoms with Gasteiger partial charge >= 0.3 is 0 Å². The highest BCUT2D eigenvalue weighted by Gasteiger charge is 2.17. The SMILES string of the molecule is Cc1cc(N)c(NC2CCN(C)CC2)cc1C. The molecule has 1 fully saturated rings. The molecule has 2 rings (SSSR count). The summed E-state index contributed by atoms with van der Waals surface area (Å²) in [5.41, 5.74) is 10.6. The smallest absolute Gasteiger partial charge is 0.0578 e. The Kier molecular flexibility index (Phi) is 3.57. The highest BCUT2D eigenvalue weighted by Crippen LogP contribution is 2.25.